The molecule has 1 aromatic carbocycles. The Hall–Kier alpha value is -1.16. The molecule has 9 heteroatoms. The predicted octanol–water partition coefficient (Wildman–Crippen LogP) is -0.514. The Balaban J connectivity index is 2.67. The number of nitrogen functional groups attached to an aromatic ring is 1. The number of nitrogens with two attached hydrogens (primary N) is 1. The standard InChI is InChI=1S/C10H17N3O4S2/c1-2-12-18(14,15)7-6-13-19(16,17)10-5-3-4-9(11)8-10/h3-5,8,12-13H,2,6-7,11H2,1H3. The van der Waals surface area contributed by atoms with Crippen LogP contribution in [0.15, 0.2) is 29.2 Å². The smallest absolute Gasteiger partial charge is 0.240 e. The van der Waals surface area contributed by atoms with Crippen LogP contribution >= 0.6 is 0 Å². The molecule has 0 saturated heterocycles. The third kappa shape index (κ3) is 5.15. The minimum atomic E-state index is -3.74. The van der Waals surface area contributed by atoms with Gasteiger partial charge < -0.3 is 5.73 Å². The van der Waals surface area contributed by atoms with Crippen LogP contribution in [0, 0.1) is 0 Å². The van der Waals surface area contributed by atoms with Gasteiger partial charge in [0.05, 0.1) is 10.6 Å². The molecule has 1 aromatic rings. The van der Waals surface area contributed by atoms with Gasteiger partial charge >= 0.3 is 0 Å². The summed E-state index contributed by atoms with van der Waals surface area (Å²) >= 11 is 0. The Labute approximate surface area is 113 Å². The van der Waals surface area contributed by atoms with Gasteiger partial charge in [-0.1, -0.05) is 13.0 Å². The van der Waals surface area contributed by atoms with Crippen LogP contribution in [0.25, 0.3) is 0 Å². The van der Waals surface area contributed by atoms with Gasteiger partial charge in [-0.3, -0.25) is 0 Å². The summed E-state index contributed by atoms with van der Waals surface area (Å²) < 4.78 is 50.9. The first-order valence-electron chi connectivity index (χ1n) is 5.59. The zero-order chi connectivity index (χ0) is 14.5. The fourth-order valence-electron chi connectivity index (χ4n) is 1.37. The molecule has 0 spiro atoms. The number of anilines is 1. The van der Waals surface area contributed by atoms with Gasteiger partial charge in [-0.2, -0.15) is 0 Å². The van der Waals surface area contributed by atoms with E-state index in [0.29, 0.717) is 5.69 Å². The van der Waals surface area contributed by atoms with Crippen LogP contribution in [0.2, 0.25) is 0 Å². The maximum Gasteiger partial charge on any atom is 0.240 e. The highest BCUT2D eigenvalue weighted by Crippen LogP contribution is 2.12. The van der Waals surface area contributed by atoms with Crippen molar-refractivity contribution in [3.8, 4) is 0 Å². The molecule has 0 aromatic heterocycles. The Morgan fingerprint density at radius 1 is 1.16 bits per heavy atom. The summed E-state index contributed by atoms with van der Waals surface area (Å²) in [6.07, 6.45) is 0. The third-order valence-corrected chi connectivity index (χ3v) is 5.12. The van der Waals surface area contributed by atoms with Crippen molar-refractivity contribution in [1.29, 1.82) is 0 Å². The van der Waals surface area contributed by atoms with Crippen LogP contribution in [-0.4, -0.2) is 35.7 Å². The zero-order valence-electron chi connectivity index (χ0n) is 10.5. The van der Waals surface area contributed by atoms with Crippen LogP contribution in [0.5, 0.6) is 0 Å². The molecule has 0 amide bonds. The molecule has 1 rings (SSSR count). The topological polar surface area (TPSA) is 118 Å². The maximum atomic E-state index is 11.8. The van der Waals surface area contributed by atoms with E-state index in [9.17, 15) is 16.8 Å². The molecular formula is C10H17N3O4S2. The molecule has 0 atom stereocenters. The second-order valence-corrected chi connectivity index (χ2v) is 7.48. The molecule has 4 N–H and O–H groups in total. The van der Waals surface area contributed by atoms with Gasteiger partial charge in [-0.05, 0) is 18.2 Å². The van der Waals surface area contributed by atoms with Gasteiger partial charge in [0.15, 0.2) is 0 Å². The Bertz CT molecular complexity index is 626. The highest BCUT2D eigenvalue weighted by Gasteiger charge is 2.15. The van der Waals surface area contributed by atoms with Crippen molar-refractivity contribution in [3.63, 3.8) is 0 Å². The average Bonchev–Trinajstić information content (AvgIpc) is 2.28. The van der Waals surface area contributed by atoms with Crippen LogP contribution in [0.3, 0.4) is 0 Å². The van der Waals surface area contributed by atoms with Crippen LogP contribution in [0.1, 0.15) is 6.92 Å². The first-order valence-corrected chi connectivity index (χ1v) is 8.73. The lowest BCUT2D eigenvalue weighted by Gasteiger charge is -2.08. The zero-order valence-corrected chi connectivity index (χ0v) is 12.1. The minimum absolute atomic E-state index is 0.00773. The van der Waals surface area contributed by atoms with Crippen molar-refractivity contribution in [3.05, 3.63) is 24.3 Å². The fourth-order valence-corrected chi connectivity index (χ4v) is 3.54. The SMILES string of the molecule is CCNS(=O)(=O)CCNS(=O)(=O)c1cccc(N)c1. The lowest BCUT2D eigenvalue weighted by atomic mass is 10.3. The number of sulfonamides is 2. The molecule has 0 saturated carbocycles. The predicted molar refractivity (Wildman–Crippen MR) is 73.5 cm³/mol. The number of nitrogens with one attached hydrogen (secondary N) is 2. The van der Waals surface area contributed by atoms with Gasteiger partial charge in [0.2, 0.25) is 20.0 Å². The molecule has 0 aliphatic heterocycles. The fraction of sp³-hybridized carbons (Fsp3) is 0.400. The van der Waals surface area contributed by atoms with E-state index in [1.807, 2.05) is 0 Å². The van der Waals surface area contributed by atoms with Gasteiger partial charge in [0, 0.05) is 18.8 Å². The Morgan fingerprint density at radius 3 is 2.42 bits per heavy atom. The normalized spacial score (nSPS) is 12.5. The third-order valence-electron chi connectivity index (χ3n) is 2.20. The van der Waals surface area contributed by atoms with Crippen molar-refractivity contribution in [2.24, 2.45) is 0 Å². The first-order chi connectivity index (χ1) is 8.77. The average molecular weight is 307 g/mol. The van der Waals surface area contributed by atoms with E-state index in [-0.39, 0.29) is 23.7 Å². The molecule has 0 radical (unpaired) electrons. The summed E-state index contributed by atoms with van der Waals surface area (Å²) in [7, 11) is -7.19. The first kappa shape index (κ1) is 15.9. The molecule has 0 aliphatic rings. The second kappa shape index (κ2) is 6.33. The maximum absolute atomic E-state index is 11.8. The Morgan fingerprint density at radius 2 is 1.84 bits per heavy atom. The minimum Gasteiger partial charge on any atom is -0.399 e. The van der Waals surface area contributed by atoms with E-state index < -0.39 is 20.0 Å². The van der Waals surface area contributed by atoms with Crippen molar-refractivity contribution >= 4 is 25.7 Å². The summed E-state index contributed by atoms with van der Waals surface area (Å²) in [5.74, 6) is -0.317. The number of hydrogen-bond acceptors (Lipinski definition) is 5. The van der Waals surface area contributed by atoms with Crippen molar-refractivity contribution in [1.82, 2.24) is 9.44 Å². The second-order valence-electron chi connectivity index (χ2n) is 3.79. The molecule has 0 bridgehead atoms. The molecule has 0 heterocycles. The molecule has 7 nitrogen and oxygen atoms in total. The number of hydrogen-bond donors (Lipinski definition) is 3. The van der Waals surface area contributed by atoms with Crippen LogP contribution in [-0.2, 0) is 20.0 Å². The molecule has 108 valence electrons. The van der Waals surface area contributed by atoms with Crippen molar-refractivity contribution in [2.75, 3.05) is 24.6 Å². The lowest BCUT2D eigenvalue weighted by Crippen LogP contribution is -2.34. The highest BCUT2D eigenvalue weighted by atomic mass is 32.2. The number of benzene rings is 1. The van der Waals surface area contributed by atoms with Crippen molar-refractivity contribution < 1.29 is 16.8 Å². The largest absolute Gasteiger partial charge is 0.399 e. The van der Waals surface area contributed by atoms with E-state index in [4.69, 9.17) is 5.73 Å². The van der Waals surface area contributed by atoms with Crippen LogP contribution in [0.4, 0.5) is 5.69 Å². The number of rotatable bonds is 7. The monoisotopic (exact) mass is 307 g/mol. The highest BCUT2D eigenvalue weighted by molar-refractivity contribution is 7.90. The summed E-state index contributed by atoms with van der Waals surface area (Å²) in [6, 6.07) is 5.77. The van der Waals surface area contributed by atoms with Gasteiger partial charge in [0.25, 0.3) is 0 Å². The van der Waals surface area contributed by atoms with E-state index in [1.54, 1.807) is 13.0 Å². The molecule has 0 fully saturated rings. The summed E-state index contributed by atoms with van der Waals surface area (Å²) in [4.78, 5) is 0.00773. The van der Waals surface area contributed by atoms with E-state index in [2.05, 4.69) is 9.44 Å². The van der Waals surface area contributed by atoms with E-state index in [1.165, 1.54) is 18.2 Å². The molecule has 0 aliphatic carbocycles. The quantitative estimate of drug-likeness (QED) is 0.586. The Kier molecular flexibility index (Phi) is 5.29. The molecule has 0 unspecified atom stereocenters. The van der Waals surface area contributed by atoms with Crippen LogP contribution < -0.4 is 15.2 Å². The van der Waals surface area contributed by atoms with Crippen molar-refractivity contribution in [2.45, 2.75) is 11.8 Å². The molecule has 19 heavy (non-hydrogen) atoms. The summed E-state index contributed by atoms with van der Waals surface area (Å²) in [5, 5.41) is 0. The molecular weight excluding hydrogens is 290 g/mol. The summed E-state index contributed by atoms with van der Waals surface area (Å²) in [6.45, 7) is 1.71. The van der Waals surface area contributed by atoms with Gasteiger partial charge in [-0.15, -0.1) is 0 Å². The van der Waals surface area contributed by atoms with Gasteiger partial charge in [0.1, 0.15) is 0 Å². The summed E-state index contributed by atoms with van der Waals surface area (Å²) in [5.41, 5.74) is 5.82. The van der Waals surface area contributed by atoms with E-state index >= 15 is 0 Å². The van der Waals surface area contributed by atoms with E-state index in [0.717, 1.165) is 0 Å². The lowest BCUT2D eigenvalue weighted by molar-refractivity contribution is 0.576. The van der Waals surface area contributed by atoms with Gasteiger partial charge in [-0.25, -0.2) is 26.3 Å².